The Morgan fingerprint density at radius 1 is 1.35 bits per heavy atom. The number of nitrogens with one attached hydrogen (secondary N) is 1. The molecule has 7 nitrogen and oxygen atoms in total. The molecule has 3 amide bonds. The summed E-state index contributed by atoms with van der Waals surface area (Å²) in [6, 6.07) is 5.41. The Morgan fingerprint density at radius 2 is 2.15 bits per heavy atom. The summed E-state index contributed by atoms with van der Waals surface area (Å²) in [6.45, 7) is 2.68. The van der Waals surface area contributed by atoms with E-state index in [1.807, 2.05) is 11.0 Å². The molecule has 2 fully saturated rings. The van der Waals surface area contributed by atoms with Crippen molar-refractivity contribution in [3.05, 3.63) is 23.8 Å². The number of para-hydroxylation sites is 1. The Kier molecular flexibility index (Phi) is 2.89. The lowest BCUT2D eigenvalue weighted by Gasteiger charge is -2.38. The zero-order chi connectivity index (χ0) is 14.3. The molecule has 1 unspecified atom stereocenters. The van der Waals surface area contributed by atoms with Gasteiger partial charge in [0.2, 0.25) is 0 Å². The van der Waals surface area contributed by atoms with Gasteiger partial charge in [-0.15, -0.1) is 0 Å². The molecule has 2 aliphatic rings. The Hall–Kier alpha value is -2.44. The van der Waals surface area contributed by atoms with E-state index < -0.39 is 5.91 Å². The van der Waals surface area contributed by atoms with Gasteiger partial charge in [-0.1, -0.05) is 6.07 Å². The molecule has 2 saturated heterocycles. The smallest absolute Gasteiger partial charge is 0.317 e. The number of nitrogen functional groups attached to an aromatic ring is 1. The molecule has 20 heavy (non-hydrogen) atoms. The van der Waals surface area contributed by atoms with Crippen LogP contribution in [0.15, 0.2) is 18.2 Å². The Bertz CT molecular complexity index is 574. The second-order valence-electron chi connectivity index (χ2n) is 5.08. The van der Waals surface area contributed by atoms with Gasteiger partial charge in [0.1, 0.15) is 0 Å². The molecular formula is C13H17N5O2. The van der Waals surface area contributed by atoms with E-state index in [-0.39, 0.29) is 12.1 Å². The monoisotopic (exact) mass is 275 g/mol. The van der Waals surface area contributed by atoms with Crippen LogP contribution < -0.4 is 21.7 Å². The van der Waals surface area contributed by atoms with E-state index >= 15 is 0 Å². The summed E-state index contributed by atoms with van der Waals surface area (Å²) < 4.78 is 0. The number of hydrogen-bond donors (Lipinski definition) is 3. The molecule has 0 spiro atoms. The fraction of sp³-hybridized carbons (Fsp3) is 0.385. The number of urea groups is 1. The Morgan fingerprint density at radius 3 is 2.90 bits per heavy atom. The number of rotatable bonds is 2. The Balaban J connectivity index is 1.86. The first-order chi connectivity index (χ1) is 9.58. The van der Waals surface area contributed by atoms with Crippen LogP contribution in [0.3, 0.4) is 0 Å². The molecule has 0 saturated carbocycles. The van der Waals surface area contributed by atoms with Crippen molar-refractivity contribution in [3.8, 4) is 0 Å². The van der Waals surface area contributed by atoms with Gasteiger partial charge in [0, 0.05) is 26.2 Å². The van der Waals surface area contributed by atoms with Crippen LogP contribution in [0.4, 0.5) is 16.2 Å². The summed E-state index contributed by atoms with van der Waals surface area (Å²) in [5, 5.41) is 2.83. The number of carbonyl (C=O) groups excluding carboxylic acids is 2. The zero-order valence-corrected chi connectivity index (χ0v) is 11.0. The standard InChI is InChI=1S/C13H17N5O2/c14-11-9(12(15)19)2-1-3-10(11)17-4-5-18-8(7-17)6-16-13(18)20/h1-3,8H,4-7,14H2,(H2,15,19)(H,16,20). The molecule has 1 aromatic rings. The number of carbonyl (C=O) groups is 2. The first-order valence-corrected chi connectivity index (χ1v) is 6.55. The van der Waals surface area contributed by atoms with E-state index in [1.165, 1.54) is 0 Å². The number of anilines is 2. The first-order valence-electron chi connectivity index (χ1n) is 6.55. The maximum absolute atomic E-state index is 11.6. The van der Waals surface area contributed by atoms with E-state index in [1.54, 1.807) is 12.1 Å². The second kappa shape index (κ2) is 4.59. The van der Waals surface area contributed by atoms with Crippen molar-refractivity contribution in [1.82, 2.24) is 10.2 Å². The maximum atomic E-state index is 11.6. The number of piperazine rings is 1. The van der Waals surface area contributed by atoms with Gasteiger partial charge in [-0.3, -0.25) is 4.79 Å². The number of nitrogens with two attached hydrogens (primary N) is 2. The lowest BCUT2D eigenvalue weighted by molar-refractivity contribution is 0.100. The fourth-order valence-corrected chi connectivity index (χ4v) is 2.87. The van der Waals surface area contributed by atoms with Crippen molar-refractivity contribution in [1.29, 1.82) is 0 Å². The topological polar surface area (TPSA) is 105 Å². The molecule has 0 aromatic heterocycles. The minimum Gasteiger partial charge on any atom is -0.396 e. The number of benzene rings is 1. The highest BCUT2D eigenvalue weighted by Crippen LogP contribution is 2.29. The number of hydrogen-bond acceptors (Lipinski definition) is 4. The van der Waals surface area contributed by atoms with Gasteiger partial charge in [0.05, 0.1) is 23.0 Å². The zero-order valence-electron chi connectivity index (χ0n) is 11.0. The van der Waals surface area contributed by atoms with Gasteiger partial charge in [-0.05, 0) is 12.1 Å². The van der Waals surface area contributed by atoms with Crippen LogP contribution in [0.2, 0.25) is 0 Å². The minimum atomic E-state index is -0.527. The van der Waals surface area contributed by atoms with Gasteiger partial charge in [-0.25, -0.2) is 4.79 Å². The predicted octanol–water partition coefficient (Wildman–Crippen LogP) is -0.418. The molecular weight excluding hydrogens is 258 g/mol. The number of fused-ring (bicyclic) bond motifs is 1. The van der Waals surface area contributed by atoms with E-state index in [9.17, 15) is 9.59 Å². The first kappa shape index (κ1) is 12.6. The largest absolute Gasteiger partial charge is 0.396 e. The molecule has 5 N–H and O–H groups in total. The summed E-state index contributed by atoms with van der Waals surface area (Å²) in [7, 11) is 0. The van der Waals surface area contributed by atoms with Crippen molar-refractivity contribution in [2.45, 2.75) is 6.04 Å². The predicted molar refractivity (Wildman–Crippen MR) is 75.5 cm³/mol. The third-order valence-corrected chi connectivity index (χ3v) is 3.92. The highest BCUT2D eigenvalue weighted by atomic mass is 16.2. The molecule has 106 valence electrons. The van der Waals surface area contributed by atoms with Crippen LogP contribution in [0.25, 0.3) is 0 Å². The van der Waals surface area contributed by atoms with Crippen LogP contribution >= 0.6 is 0 Å². The second-order valence-corrected chi connectivity index (χ2v) is 5.08. The van der Waals surface area contributed by atoms with E-state index in [4.69, 9.17) is 11.5 Å². The maximum Gasteiger partial charge on any atom is 0.317 e. The number of nitrogens with zero attached hydrogens (tertiary/aromatic N) is 2. The van der Waals surface area contributed by atoms with Gasteiger partial charge in [0.25, 0.3) is 5.91 Å². The molecule has 3 rings (SSSR count). The molecule has 7 heteroatoms. The number of amides is 3. The lowest BCUT2D eigenvalue weighted by Crippen LogP contribution is -2.52. The molecule has 1 aromatic carbocycles. The average molecular weight is 275 g/mol. The lowest BCUT2D eigenvalue weighted by atomic mass is 10.1. The van der Waals surface area contributed by atoms with E-state index in [2.05, 4.69) is 10.2 Å². The van der Waals surface area contributed by atoms with Crippen LogP contribution in [0.5, 0.6) is 0 Å². The van der Waals surface area contributed by atoms with Crippen LogP contribution in [-0.4, -0.2) is 49.1 Å². The third-order valence-electron chi connectivity index (χ3n) is 3.92. The van der Waals surface area contributed by atoms with Gasteiger partial charge in [-0.2, -0.15) is 0 Å². The van der Waals surface area contributed by atoms with Crippen molar-refractivity contribution < 1.29 is 9.59 Å². The fourth-order valence-electron chi connectivity index (χ4n) is 2.87. The summed E-state index contributed by atoms with van der Waals surface area (Å²) in [5.74, 6) is -0.527. The van der Waals surface area contributed by atoms with Crippen molar-refractivity contribution in [2.75, 3.05) is 36.8 Å². The SMILES string of the molecule is NC(=O)c1cccc(N2CCN3C(=O)NCC3C2)c1N. The molecule has 0 aliphatic carbocycles. The van der Waals surface area contributed by atoms with Gasteiger partial charge in [0.15, 0.2) is 0 Å². The van der Waals surface area contributed by atoms with E-state index in [0.717, 1.165) is 5.69 Å². The average Bonchev–Trinajstić information content (AvgIpc) is 2.80. The third kappa shape index (κ3) is 1.91. The quantitative estimate of drug-likeness (QED) is 0.638. The molecule has 0 bridgehead atoms. The molecule has 2 heterocycles. The Labute approximate surface area is 116 Å². The van der Waals surface area contributed by atoms with Crippen LogP contribution in [0, 0.1) is 0 Å². The normalized spacial score (nSPS) is 21.6. The molecule has 1 atom stereocenters. The highest BCUT2D eigenvalue weighted by molar-refractivity contribution is 6.00. The molecule has 2 aliphatic heterocycles. The summed E-state index contributed by atoms with van der Waals surface area (Å²) in [5.41, 5.74) is 12.9. The molecule has 0 radical (unpaired) electrons. The van der Waals surface area contributed by atoms with Crippen molar-refractivity contribution in [2.24, 2.45) is 5.73 Å². The van der Waals surface area contributed by atoms with Crippen molar-refractivity contribution >= 4 is 23.3 Å². The van der Waals surface area contributed by atoms with Crippen LogP contribution in [-0.2, 0) is 0 Å². The summed E-state index contributed by atoms with van der Waals surface area (Å²) in [4.78, 5) is 26.9. The number of primary amides is 1. The van der Waals surface area contributed by atoms with Gasteiger partial charge < -0.3 is 26.6 Å². The van der Waals surface area contributed by atoms with Crippen LogP contribution in [0.1, 0.15) is 10.4 Å². The van der Waals surface area contributed by atoms with Crippen molar-refractivity contribution in [3.63, 3.8) is 0 Å². The minimum absolute atomic E-state index is 0.00601. The van der Waals surface area contributed by atoms with Gasteiger partial charge >= 0.3 is 6.03 Å². The highest BCUT2D eigenvalue weighted by Gasteiger charge is 2.36. The van der Waals surface area contributed by atoms with E-state index in [0.29, 0.717) is 37.4 Å². The summed E-state index contributed by atoms with van der Waals surface area (Å²) in [6.07, 6.45) is 0. The summed E-state index contributed by atoms with van der Waals surface area (Å²) >= 11 is 0.